The zero-order valence-corrected chi connectivity index (χ0v) is 21.5. The second kappa shape index (κ2) is 8.33. The first-order valence-corrected chi connectivity index (χ1v) is 14.3. The standard InChI is InChI=1S/C28H32FN3O3S/c1-18(28-14-19(15-28)16-28)27(33)32-11-9-20(10-12-32)25-17-31(2)26-8-5-22(13-24(25)26)30-36(34,35)23-6-3-21(29)4-7-23/h3-8,13,17-20,30H,9-12,14-16H2,1-2H3/t18-,19?,28?/m0/s1. The number of nitrogens with zero attached hydrogens (tertiary/aromatic N) is 2. The second-order valence-electron chi connectivity index (χ2n) is 11.1. The van der Waals surface area contributed by atoms with Crippen LogP contribution in [0.1, 0.15) is 50.5 Å². The molecule has 3 aliphatic carbocycles. The number of sulfonamides is 1. The first-order valence-electron chi connectivity index (χ1n) is 12.8. The molecule has 2 heterocycles. The van der Waals surface area contributed by atoms with Crippen LogP contribution >= 0.6 is 0 Å². The van der Waals surface area contributed by atoms with Crippen LogP contribution in [0.2, 0.25) is 0 Å². The summed E-state index contributed by atoms with van der Waals surface area (Å²) in [5.41, 5.74) is 2.99. The minimum Gasteiger partial charge on any atom is -0.350 e. The molecule has 1 aliphatic heterocycles. The van der Waals surface area contributed by atoms with Gasteiger partial charge in [-0.25, -0.2) is 12.8 Å². The Hall–Kier alpha value is -2.87. The van der Waals surface area contributed by atoms with Crippen molar-refractivity contribution in [2.75, 3.05) is 17.8 Å². The van der Waals surface area contributed by atoms with Crippen molar-refractivity contribution < 1.29 is 17.6 Å². The monoisotopic (exact) mass is 509 g/mol. The summed E-state index contributed by atoms with van der Waals surface area (Å²) in [6, 6.07) is 10.3. The fraction of sp³-hybridized carbons (Fsp3) is 0.464. The number of hydrogen-bond acceptors (Lipinski definition) is 3. The highest BCUT2D eigenvalue weighted by atomic mass is 32.2. The Balaban J connectivity index is 1.19. The van der Waals surface area contributed by atoms with Crippen LogP contribution < -0.4 is 4.72 Å². The Morgan fingerprint density at radius 1 is 1.08 bits per heavy atom. The van der Waals surface area contributed by atoms with E-state index in [1.165, 1.54) is 37.0 Å². The van der Waals surface area contributed by atoms with E-state index in [1.807, 2.05) is 19.2 Å². The molecule has 1 amide bonds. The molecular formula is C28H32FN3O3S. The van der Waals surface area contributed by atoms with Gasteiger partial charge in [0.05, 0.1) is 4.90 Å². The van der Waals surface area contributed by atoms with E-state index in [-0.39, 0.29) is 10.8 Å². The highest BCUT2D eigenvalue weighted by molar-refractivity contribution is 7.92. The van der Waals surface area contributed by atoms with E-state index in [4.69, 9.17) is 0 Å². The topological polar surface area (TPSA) is 71.4 Å². The zero-order chi connectivity index (χ0) is 25.2. The van der Waals surface area contributed by atoms with Gasteiger partial charge in [-0.05, 0) is 97.4 Å². The number of rotatable bonds is 6. The van der Waals surface area contributed by atoms with Crippen molar-refractivity contribution in [2.24, 2.45) is 24.3 Å². The minimum absolute atomic E-state index is 0.0161. The van der Waals surface area contributed by atoms with Gasteiger partial charge in [0, 0.05) is 48.8 Å². The lowest BCUT2D eigenvalue weighted by atomic mass is 9.40. The summed E-state index contributed by atoms with van der Waals surface area (Å²) in [7, 11) is -1.83. The van der Waals surface area contributed by atoms with E-state index in [0.29, 0.717) is 22.9 Å². The maximum absolute atomic E-state index is 13.2. The molecule has 36 heavy (non-hydrogen) atoms. The molecule has 1 saturated heterocycles. The summed E-state index contributed by atoms with van der Waals surface area (Å²) >= 11 is 0. The number of hydrogen-bond donors (Lipinski definition) is 1. The molecule has 3 aromatic rings. The maximum Gasteiger partial charge on any atom is 0.261 e. The summed E-state index contributed by atoms with van der Waals surface area (Å²) in [5.74, 6) is 1.16. The lowest BCUT2D eigenvalue weighted by molar-refractivity contribution is -0.173. The summed E-state index contributed by atoms with van der Waals surface area (Å²) in [6.07, 6.45) is 7.64. The van der Waals surface area contributed by atoms with Gasteiger partial charge in [-0.3, -0.25) is 9.52 Å². The number of fused-ring (bicyclic) bond motifs is 1. The number of halogens is 1. The number of benzene rings is 2. The molecule has 1 aromatic heterocycles. The van der Waals surface area contributed by atoms with Crippen molar-refractivity contribution in [3.63, 3.8) is 0 Å². The van der Waals surface area contributed by atoms with Gasteiger partial charge >= 0.3 is 0 Å². The van der Waals surface area contributed by atoms with Gasteiger partial charge in [-0.2, -0.15) is 0 Å². The summed E-state index contributed by atoms with van der Waals surface area (Å²) in [4.78, 5) is 15.3. The second-order valence-corrected chi connectivity index (χ2v) is 12.8. The molecule has 1 N–H and O–H groups in total. The van der Waals surface area contributed by atoms with E-state index >= 15 is 0 Å². The van der Waals surface area contributed by atoms with Gasteiger partial charge in [0.15, 0.2) is 0 Å². The molecule has 0 spiro atoms. The largest absolute Gasteiger partial charge is 0.350 e. The van der Waals surface area contributed by atoms with Crippen molar-refractivity contribution in [1.29, 1.82) is 0 Å². The highest BCUT2D eigenvalue weighted by Crippen LogP contribution is 2.68. The van der Waals surface area contributed by atoms with Gasteiger partial charge in [0.25, 0.3) is 10.0 Å². The number of carbonyl (C=O) groups is 1. The fourth-order valence-electron chi connectivity index (χ4n) is 6.66. The highest BCUT2D eigenvalue weighted by Gasteiger charge is 2.61. The Kier molecular flexibility index (Phi) is 5.44. The Bertz CT molecular complexity index is 1420. The first kappa shape index (κ1) is 23.5. The number of aromatic nitrogens is 1. The average molecular weight is 510 g/mol. The van der Waals surface area contributed by atoms with Crippen molar-refractivity contribution >= 4 is 32.5 Å². The Labute approximate surface area is 211 Å². The van der Waals surface area contributed by atoms with Crippen molar-refractivity contribution in [3.8, 4) is 0 Å². The van der Waals surface area contributed by atoms with Crippen LogP contribution in [0.3, 0.4) is 0 Å². The lowest BCUT2D eigenvalue weighted by Gasteiger charge is -2.64. The third-order valence-electron chi connectivity index (χ3n) is 9.02. The molecule has 2 aromatic carbocycles. The molecule has 1 atom stereocenters. The molecular weight excluding hydrogens is 477 g/mol. The van der Waals surface area contributed by atoms with Crippen LogP contribution in [-0.4, -0.2) is 36.9 Å². The number of amides is 1. The van der Waals surface area contributed by atoms with Crippen LogP contribution in [0.25, 0.3) is 10.9 Å². The summed E-state index contributed by atoms with van der Waals surface area (Å²) in [5, 5.41) is 1.02. The first-order chi connectivity index (χ1) is 17.1. The molecule has 0 unspecified atom stereocenters. The number of piperidine rings is 1. The third-order valence-corrected chi connectivity index (χ3v) is 10.4. The van der Waals surface area contributed by atoms with Gasteiger partial charge in [-0.15, -0.1) is 0 Å². The zero-order valence-electron chi connectivity index (χ0n) is 20.7. The predicted octanol–water partition coefficient (Wildman–Crippen LogP) is 5.26. The van der Waals surface area contributed by atoms with Crippen LogP contribution in [0.15, 0.2) is 53.6 Å². The van der Waals surface area contributed by atoms with Crippen LogP contribution in [0.4, 0.5) is 10.1 Å². The summed E-state index contributed by atoms with van der Waals surface area (Å²) < 4.78 is 43.6. The Morgan fingerprint density at radius 3 is 2.36 bits per heavy atom. The van der Waals surface area contributed by atoms with Crippen molar-refractivity contribution in [2.45, 2.75) is 49.8 Å². The predicted molar refractivity (Wildman–Crippen MR) is 138 cm³/mol. The van der Waals surface area contributed by atoms with Gasteiger partial charge in [0.1, 0.15) is 5.82 Å². The quantitative estimate of drug-likeness (QED) is 0.493. The Morgan fingerprint density at radius 2 is 1.75 bits per heavy atom. The van der Waals surface area contributed by atoms with Crippen LogP contribution in [-0.2, 0) is 21.9 Å². The molecule has 4 fully saturated rings. The van der Waals surface area contributed by atoms with Crippen LogP contribution in [0.5, 0.6) is 0 Å². The molecule has 3 saturated carbocycles. The smallest absolute Gasteiger partial charge is 0.261 e. The van der Waals surface area contributed by atoms with Crippen molar-refractivity contribution in [1.82, 2.24) is 9.47 Å². The van der Waals surface area contributed by atoms with Gasteiger partial charge in [0.2, 0.25) is 5.91 Å². The molecule has 8 heteroatoms. The number of nitrogens with one attached hydrogen (secondary N) is 1. The maximum atomic E-state index is 13.2. The minimum atomic E-state index is -3.83. The van der Waals surface area contributed by atoms with Crippen LogP contribution in [0, 0.1) is 23.1 Å². The molecule has 2 bridgehead atoms. The molecule has 6 nitrogen and oxygen atoms in total. The van der Waals surface area contributed by atoms with E-state index in [0.717, 1.165) is 54.9 Å². The normalized spacial score (nSPS) is 24.8. The fourth-order valence-corrected chi connectivity index (χ4v) is 7.71. The molecule has 0 radical (unpaired) electrons. The van der Waals surface area contributed by atoms with Crippen molar-refractivity contribution in [3.05, 3.63) is 60.0 Å². The molecule has 7 rings (SSSR count). The van der Waals surface area contributed by atoms with E-state index < -0.39 is 15.8 Å². The number of carbonyl (C=O) groups excluding carboxylic acids is 1. The van der Waals surface area contributed by atoms with E-state index in [9.17, 15) is 17.6 Å². The van der Waals surface area contributed by atoms with Gasteiger partial charge in [-0.1, -0.05) is 6.92 Å². The van der Waals surface area contributed by atoms with E-state index in [2.05, 4.69) is 27.3 Å². The third kappa shape index (κ3) is 3.81. The van der Waals surface area contributed by atoms with Gasteiger partial charge < -0.3 is 9.47 Å². The number of aryl methyl sites for hydroxylation is 1. The lowest BCUT2D eigenvalue weighted by Crippen LogP contribution is -2.59. The SMILES string of the molecule is C[C@@H](C(=O)N1CCC(c2cn(C)c3ccc(NS(=O)(=O)c4ccc(F)cc4)cc23)CC1)C12CC(C1)C2. The van der Waals surface area contributed by atoms with E-state index in [1.54, 1.807) is 6.07 Å². The average Bonchev–Trinajstić information content (AvgIpc) is 3.12. The molecule has 190 valence electrons. The number of likely N-dealkylation sites (tertiary alicyclic amines) is 1. The number of anilines is 1. The summed E-state index contributed by atoms with van der Waals surface area (Å²) in [6.45, 7) is 3.66. The molecule has 4 aliphatic rings.